The summed E-state index contributed by atoms with van der Waals surface area (Å²) in [6.45, 7) is 3.12. The Morgan fingerprint density at radius 1 is 1.38 bits per heavy atom. The third kappa shape index (κ3) is 1.56. The molecule has 1 heterocycles. The van der Waals surface area contributed by atoms with Gasteiger partial charge in [-0.25, -0.2) is 0 Å². The van der Waals surface area contributed by atoms with Crippen LogP contribution in [0.25, 0.3) is 0 Å². The van der Waals surface area contributed by atoms with Gasteiger partial charge in [0.15, 0.2) is 0 Å². The van der Waals surface area contributed by atoms with Gasteiger partial charge in [-0.3, -0.25) is 0 Å². The highest BCUT2D eigenvalue weighted by Gasteiger charge is 2.18. The first-order chi connectivity index (χ1) is 6.20. The fourth-order valence-corrected chi connectivity index (χ4v) is 2.23. The summed E-state index contributed by atoms with van der Waals surface area (Å²) in [5, 5.41) is 4.77. The smallest absolute Gasteiger partial charge is 0.0628 e. The molecule has 0 aliphatic carbocycles. The predicted octanol–water partition coefficient (Wildman–Crippen LogP) is 3.20. The van der Waals surface area contributed by atoms with Gasteiger partial charge >= 0.3 is 0 Å². The molecule has 2 rings (SSSR count). The zero-order valence-electron chi connectivity index (χ0n) is 7.40. The van der Waals surface area contributed by atoms with Crippen molar-refractivity contribution < 1.29 is 0 Å². The van der Waals surface area contributed by atoms with Gasteiger partial charge in [-0.05, 0) is 37.1 Å². The zero-order valence-corrected chi connectivity index (χ0v) is 8.91. The molecular weight excluding hydrogens is 205 g/mol. The summed E-state index contributed by atoms with van der Waals surface area (Å²) >= 11 is 12.1. The molecule has 70 valence electrons. The lowest BCUT2D eigenvalue weighted by molar-refractivity contribution is 0.541. The molecule has 0 aromatic heterocycles. The van der Waals surface area contributed by atoms with Crippen LogP contribution in [0.4, 0.5) is 0 Å². The predicted molar refractivity (Wildman–Crippen MR) is 56.6 cm³/mol. The summed E-state index contributed by atoms with van der Waals surface area (Å²) < 4.78 is 0. The van der Waals surface area contributed by atoms with Crippen LogP contribution in [0.1, 0.15) is 24.1 Å². The normalized spacial score (nSPS) is 21.3. The number of nitrogens with one attached hydrogen (secondary N) is 1. The van der Waals surface area contributed by atoms with Crippen LogP contribution in [0, 0.1) is 0 Å². The number of hydrogen-bond donors (Lipinski definition) is 1. The highest BCUT2D eigenvalue weighted by molar-refractivity contribution is 6.42. The lowest BCUT2D eigenvalue weighted by atomic mass is 9.95. The quantitative estimate of drug-likeness (QED) is 0.702. The van der Waals surface area contributed by atoms with E-state index in [0.29, 0.717) is 11.1 Å². The van der Waals surface area contributed by atoms with Gasteiger partial charge in [-0.15, -0.1) is 0 Å². The van der Waals surface area contributed by atoms with E-state index in [2.05, 4.69) is 18.3 Å². The van der Waals surface area contributed by atoms with Crippen molar-refractivity contribution in [3.8, 4) is 0 Å². The average molecular weight is 216 g/mol. The van der Waals surface area contributed by atoms with Gasteiger partial charge < -0.3 is 5.32 Å². The Morgan fingerprint density at radius 3 is 2.92 bits per heavy atom. The Morgan fingerprint density at radius 2 is 2.15 bits per heavy atom. The van der Waals surface area contributed by atoms with Gasteiger partial charge in [-0.2, -0.15) is 0 Å². The summed E-state index contributed by atoms with van der Waals surface area (Å²) in [7, 11) is 0. The van der Waals surface area contributed by atoms with Crippen molar-refractivity contribution in [1.29, 1.82) is 0 Å². The van der Waals surface area contributed by atoms with Crippen molar-refractivity contribution in [2.75, 3.05) is 6.54 Å². The van der Waals surface area contributed by atoms with Crippen LogP contribution >= 0.6 is 23.2 Å². The van der Waals surface area contributed by atoms with Crippen molar-refractivity contribution in [3.05, 3.63) is 33.3 Å². The first-order valence-corrected chi connectivity index (χ1v) is 5.16. The van der Waals surface area contributed by atoms with E-state index in [1.807, 2.05) is 6.07 Å². The zero-order chi connectivity index (χ0) is 9.42. The second kappa shape index (κ2) is 3.49. The highest BCUT2D eigenvalue weighted by Crippen LogP contribution is 2.33. The lowest BCUT2D eigenvalue weighted by Crippen LogP contribution is -2.27. The van der Waals surface area contributed by atoms with Crippen LogP contribution in [0.3, 0.4) is 0 Å². The van der Waals surface area contributed by atoms with E-state index in [1.165, 1.54) is 11.1 Å². The first kappa shape index (κ1) is 9.32. The monoisotopic (exact) mass is 215 g/mol. The lowest BCUT2D eigenvalue weighted by Gasteiger charge is -2.24. The molecule has 1 aliphatic heterocycles. The van der Waals surface area contributed by atoms with Crippen molar-refractivity contribution in [3.63, 3.8) is 0 Å². The van der Waals surface area contributed by atoms with Gasteiger partial charge in [0.05, 0.1) is 10.0 Å². The largest absolute Gasteiger partial charge is 0.310 e. The summed E-state index contributed by atoms with van der Waals surface area (Å²) in [6.07, 6.45) is 0.971. The summed E-state index contributed by atoms with van der Waals surface area (Å²) in [5.74, 6) is 0. The minimum Gasteiger partial charge on any atom is -0.310 e. The standard InChI is InChI=1S/C10H11Cl2N/c1-6-7-2-3-9(11)10(12)8(7)4-5-13-6/h2-3,6,13H,4-5H2,1H3/t6-/m0/s1. The van der Waals surface area contributed by atoms with Crippen LogP contribution in [0.15, 0.2) is 12.1 Å². The first-order valence-electron chi connectivity index (χ1n) is 4.40. The average Bonchev–Trinajstić information content (AvgIpc) is 2.12. The Balaban J connectivity index is 2.56. The molecule has 0 spiro atoms. The fraction of sp³-hybridized carbons (Fsp3) is 0.400. The van der Waals surface area contributed by atoms with Gasteiger partial charge in [-0.1, -0.05) is 29.3 Å². The van der Waals surface area contributed by atoms with Gasteiger partial charge in [0.25, 0.3) is 0 Å². The number of fused-ring (bicyclic) bond motifs is 1. The molecule has 0 radical (unpaired) electrons. The molecule has 1 aliphatic rings. The molecule has 0 saturated heterocycles. The van der Waals surface area contributed by atoms with Crippen LogP contribution < -0.4 is 5.32 Å². The summed E-state index contributed by atoms with van der Waals surface area (Å²) in [5.41, 5.74) is 2.49. The number of rotatable bonds is 0. The maximum Gasteiger partial charge on any atom is 0.0628 e. The number of halogens is 2. The van der Waals surface area contributed by atoms with E-state index in [4.69, 9.17) is 23.2 Å². The van der Waals surface area contributed by atoms with Gasteiger partial charge in [0.1, 0.15) is 0 Å². The van der Waals surface area contributed by atoms with E-state index in [0.717, 1.165) is 18.0 Å². The molecule has 1 atom stereocenters. The van der Waals surface area contributed by atoms with E-state index in [-0.39, 0.29) is 0 Å². The van der Waals surface area contributed by atoms with E-state index < -0.39 is 0 Å². The molecule has 1 N–H and O–H groups in total. The molecule has 0 saturated carbocycles. The Hall–Kier alpha value is -0.240. The third-order valence-electron chi connectivity index (χ3n) is 2.52. The summed E-state index contributed by atoms with van der Waals surface area (Å²) in [6, 6.07) is 4.31. The minimum atomic E-state index is 0.388. The van der Waals surface area contributed by atoms with Crippen LogP contribution in [-0.2, 0) is 6.42 Å². The van der Waals surface area contributed by atoms with Crippen molar-refractivity contribution in [2.45, 2.75) is 19.4 Å². The van der Waals surface area contributed by atoms with E-state index in [1.54, 1.807) is 0 Å². The van der Waals surface area contributed by atoms with Gasteiger partial charge in [0, 0.05) is 6.04 Å². The molecule has 3 heteroatoms. The molecule has 1 aromatic carbocycles. The maximum atomic E-state index is 6.12. The molecule has 1 nitrogen and oxygen atoms in total. The second-order valence-corrected chi connectivity index (χ2v) is 4.14. The second-order valence-electron chi connectivity index (χ2n) is 3.35. The molecule has 0 bridgehead atoms. The molecule has 13 heavy (non-hydrogen) atoms. The third-order valence-corrected chi connectivity index (χ3v) is 3.37. The number of benzene rings is 1. The van der Waals surface area contributed by atoms with Crippen LogP contribution in [-0.4, -0.2) is 6.54 Å². The fourth-order valence-electron chi connectivity index (χ4n) is 1.79. The van der Waals surface area contributed by atoms with Crippen molar-refractivity contribution in [2.24, 2.45) is 0 Å². The van der Waals surface area contributed by atoms with E-state index in [9.17, 15) is 0 Å². The van der Waals surface area contributed by atoms with Crippen LogP contribution in [0.2, 0.25) is 10.0 Å². The Kier molecular flexibility index (Phi) is 2.50. The maximum absolute atomic E-state index is 6.12. The Bertz CT molecular complexity index is 336. The van der Waals surface area contributed by atoms with Crippen LogP contribution in [0.5, 0.6) is 0 Å². The van der Waals surface area contributed by atoms with Crippen molar-refractivity contribution >= 4 is 23.2 Å². The Labute approximate surface area is 88.0 Å². The highest BCUT2D eigenvalue weighted by atomic mass is 35.5. The molecule has 0 fully saturated rings. The molecular formula is C10H11Cl2N. The SMILES string of the molecule is C[C@@H]1NCCc2c1ccc(Cl)c2Cl. The minimum absolute atomic E-state index is 0.388. The van der Waals surface area contributed by atoms with E-state index >= 15 is 0 Å². The molecule has 1 aromatic rings. The topological polar surface area (TPSA) is 12.0 Å². The van der Waals surface area contributed by atoms with Gasteiger partial charge in [0.2, 0.25) is 0 Å². The molecule has 0 amide bonds. The number of hydrogen-bond acceptors (Lipinski definition) is 1. The summed E-state index contributed by atoms with van der Waals surface area (Å²) in [4.78, 5) is 0. The van der Waals surface area contributed by atoms with Crippen molar-refractivity contribution in [1.82, 2.24) is 5.32 Å². The molecule has 0 unspecified atom stereocenters.